The molecule has 0 bridgehead atoms. The number of nitrogens with one attached hydrogen (secondary N) is 1. The Morgan fingerprint density at radius 2 is 2.50 bits per heavy atom. The first-order chi connectivity index (χ1) is 5.86. The molecule has 0 spiro atoms. The number of tetrazole rings is 1. The average Bonchev–Trinajstić information content (AvgIpc) is 2.65. The molecular formula is C6H8N6. The molecule has 2 aromatic heterocycles. The van der Waals surface area contributed by atoms with Crippen LogP contribution >= 0.6 is 0 Å². The molecule has 0 unspecified atom stereocenters. The summed E-state index contributed by atoms with van der Waals surface area (Å²) in [7, 11) is 1.93. The van der Waals surface area contributed by atoms with Crippen LogP contribution in [0.5, 0.6) is 0 Å². The number of hydrogen-bond donors (Lipinski definition) is 1. The van der Waals surface area contributed by atoms with Gasteiger partial charge in [-0.3, -0.25) is 0 Å². The van der Waals surface area contributed by atoms with E-state index in [1.807, 2.05) is 11.6 Å². The van der Waals surface area contributed by atoms with Crippen LogP contribution in [0.1, 0.15) is 11.5 Å². The van der Waals surface area contributed by atoms with Gasteiger partial charge in [0.15, 0.2) is 5.82 Å². The first-order valence-electron chi connectivity index (χ1n) is 3.54. The Hall–Kier alpha value is -1.72. The summed E-state index contributed by atoms with van der Waals surface area (Å²) >= 11 is 0. The Morgan fingerprint density at radius 3 is 3.08 bits per heavy atom. The number of rotatable bonds is 2. The van der Waals surface area contributed by atoms with Gasteiger partial charge in [-0.25, -0.2) is 4.98 Å². The van der Waals surface area contributed by atoms with Crippen LogP contribution in [0, 0.1) is 0 Å². The van der Waals surface area contributed by atoms with E-state index in [0.717, 1.165) is 5.69 Å². The van der Waals surface area contributed by atoms with Crippen LogP contribution in [0.15, 0.2) is 12.5 Å². The Morgan fingerprint density at radius 1 is 1.58 bits per heavy atom. The minimum atomic E-state index is 0.660. The fourth-order valence-electron chi connectivity index (χ4n) is 0.974. The Bertz CT molecular complexity index is 348. The van der Waals surface area contributed by atoms with E-state index in [4.69, 9.17) is 0 Å². The van der Waals surface area contributed by atoms with Crippen molar-refractivity contribution in [1.82, 2.24) is 30.2 Å². The third kappa shape index (κ3) is 1.18. The lowest BCUT2D eigenvalue weighted by Crippen LogP contribution is -1.97. The molecule has 1 N–H and O–H groups in total. The summed E-state index contributed by atoms with van der Waals surface area (Å²) in [5.41, 5.74) is 1.07. The topological polar surface area (TPSA) is 72.3 Å². The molecule has 0 aromatic carbocycles. The van der Waals surface area contributed by atoms with Crippen molar-refractivity contribution in [3.05, 3.63) is 24.0 Å². The van der Waals surface area contributed by atoms with Crippen LogP contribution in [-0.4, -0.2) is 30.2 Å². The van der Waals surface area contributed by atoms with Gasteiger partial charge in [-0.1, -0.05) is 5.21 Å². The zero-order valence-electron chi connectivity index (χ0n) is 6.60. The van der Waals surface area contributed by atoms with Crippen molar-refractivity contribution in [3.63, 3.8) is 0 Å². The summed E-state index contributed by atoms with van der Waals surface area (Å²) < 4.78 is 1.93. The smallest absolute Gasteiger partial charge is 0.180 e. The molecule has 2 heterocycles. The van der Waals surface area contributed by atoms with E-state index >= 15 is 0 Å². The van der Waals surface area contributed by atoms with E-state index in [1.54, 1.807) is 12.5 Å². The Kier molecular flexibility index (Phi) is 1.58. The highest BCUT2D eigenvalue weighted by Crippen LogP contribution is 2.00. The van der Waals surface area contributed by atoms with Crippen molar-refractivity contribution in [1.29, 1.82) is 0 Å². The first-order valence-corrected chi connectivity index (χ1v) is 3.54. The standard InChI is InChI=1S/C6H8N6/c1-12-4-7-3-5(12)2-6-8-10-11-9-6/h3-4H,2H2,1H3,(H,8,9,10,11). The number of aromatic nitrogens is 6. The van der Waals surface area contributed by atoms with E-state index in [9.17, 15) is 0 Å². The van der Waals surface area contributed by atoms with Gasteiger partial charge in [-0.2, -0.15) is 5.21 Å². The molecule has 0 aliphatic rings. The molecule has 0 radical (unpaired) electrons. The fourth-order valence-corrected chi connectivity index (χ4v) is 0.974. The van der Waals surface area contributed by atoms with Gasteiger partial charge in [-0.05, 0) is 0 Å². The molecule has 62 valence electrons. The number of hydrogen-bond acceptors (Lipinski definition) is 4. The van der Waals surface area contributed by atoms with Crippen LogP contribution < -0.4 is 0 Å². The number of imidazole rings is 1. The molecule has 12 heavy (non-hydrogen) atoms. The zero-order chi connectivity index (χ0) is 8.39. The third-order valence-corrected chi connectivity index (χ3v) is 1.64. The molecule has 0 amide bonds. The summed E-state index contributed by atoms with van der Waals surface area (Å²) in [5, 5.41) is 13.6. The van der Waals surface area contributed by atoms with Crippen molar-refractivity contribution in [2.45, 2.75) is 6.42 Å². The second kappa shape index (κ2) is 2.72. The van der Waals surface area contributed by atoms with Gasteiger partial charge in [0.1, 0.15) is 0 Å². The molecule has 0 aliphatic carbocycles. The maximum absolute atomic E-state index is 3.98. The molecule has 6 nitrogen and oxygen atoms in total. The van der Waals surface area contributed by atoms with Gasteiger partial charge in [0.25, 0.3) is 0 Å². The maximum atomic E-state index is 3.98. The quantitative estimate of drug-likeness (QED) is 0.651. The van der Waals surface area contributed by atoms with Crippen molar-refractivity contribution >= 4 is 0 Å². The minimum Gasteiger partial charge on any atom is -0.337 e. The van der Waals surface area contributed by atoms with E-state index < -0.39 is 0 Å². The monoisotopic (exact) mass is 164 g/mol. The third-order valence-electron chi connectivity index (χ3n) is 1.64. The zero-order valence-corrected chi connectivity index (χ0v) is 6.60. The van der Waals surface area contributed by atoms with E-state index in [-0.39, 0.29) is 0 Å². The van der Waals surface area contributed by atoms with Crippen LogP contribution in [-0.2, 0) is 13.5 Å². The lowest BCUT2D eigenvalue weighted by atomic mass is 10.3. The van der Waals surface area contributed by atoms with Crippen molar-refractivity contribution in [2.24, 2.45) is 7.05 Å². The maximum Gasteiger partial charge on any atom is 0.180 e. The molecule has 0 saturated carbocycles. The largest absolute Gasteiger partial charge is 0.337 e. The fraction of sp³-hybridized carbons (Fsp3) is 0.333. The second-order valence-electron chi connectivity index (χ2n) is 2.50. The van der Waals surface area contributed by atoms with Gasteiger partial charge in [-0.15, -0.1) is 10.2 Å². The first kappa shape index (κ1) is 6.96. The summed E-state index contributed by atoms with van der Waals surface area (Å²) in [6.07, 6.45) is 4.19. The second-order valence-corrected chi connectivity index (χ2v) is 2.50. The molecule has 0 atom stereocenters. The molecule has 2 aromatic rings. The van der Waals surface area contributed by atoms with E-state index in [0.29, 0.717) is 12.2 Å². The van der Waals surface area contributed by atoms with Gasteiger partial charge in [0, 0.05) is 18.9 Å². The van der Waals surface area contributed by atoms with Gasteiger partial charge in [0.2, 0.25) is 0 Å². The summed E-state index contributed by atoms with van der Waals surface area (Å²) in [6.45, 7) is 0. The SMILES string of the molecule is Cn1cncc1Cc1nn[nH]n1. The Labute approximate surface area is 68.6 Å². The molecular weight excluding hydrogens is 156 g/mol. The number of nitrogens with zero attached hydrogens (tertiary/aromatic N) is 5. The number of aryl methyl sites for hydroxylation is 1. The van der Waals surface area contributed by atoms with Crippen LogP contribution in [0.3, 0.4) is 0 Å². The summed E-state index contributed by atoms with van der Waals surface area (Å²) in [5.74, 6) is 0.679. The highest BCUT2D eigenvalue weighted by molar-refractivity contribution is 5.04. The molecule has 2 rings (SSSR count). The average molecular weight is 164 g/mol. The van der Waals surface area contributed by atoms with Crippen LogP contribution in [0.2, 0.25) is 0 Å². The Balaban J connectivity index is 2.20. The van der Waals surface area contributed by atoms with Crippen molar-refractivity contribution < 1.29 is 0 Å². The van der Waals surface area contributed by atoms with E-state index in [1.165, 1.54) is 0 Å². The predicted octanol–water partition coefficient (Wildman–Crippen LogP) is -0.476. The van der Waals surface area contributed by atoms with Crippen LogP contribution in [0.4, 0.5) is 0 Å². The van der Waals surface area contributed by atoms with Gasteiger partial charge in [0.05, 0.1) is 12.7 Å². The minimum absolute atomic E-state index is 0.660. The molecule has 6 heteroatoms. The molecule has 0 saturated heterocycles. The van der Waals surface area contributed by atoms with Gasteiger partial charge < -0.3 is 4.57 Å². The van der Waals surface area contributed by atoms with Gasteiger partial charge >= 0.3 is 0 Å². The lowest BCUT2D eigenvalue weighted by Gasteiger charge is -1.95. The molecule has 0 aliphatic heterocycles. The highest BCUT2D eigenvalue weighted by atomic mass is 15.5. The van der Waals surface area contributed by atoms with E-state index in [2.05, 4.69) is 25.6 Å². The predicted molar refractivity (Wildman–Crippen MR) is 40.2 cm³/mol. The van der Waals surface area contributed by atoms with Crippen LogP contribution in [0.25, 0.3) is 0 Å². The lowest BCUT2D eigenvalue weighted by molar-refractivity contribution is 0.821. The normalized spacial score (nSPS) is 10.4. The molecule has 0 fully saturated rings. The summed E-state index contributed by atoms with van der Waals surface area (Å²) in [6, 6.07) is 0. The number of aromatic amines is 1. The van der Waals surface area contributed by atoms with Crippen molar-refractivity contribution in [3.8, 4) is 0 Å². The highest BCUT2D eigenvalue weighted by Gasteiger charge is 2.03. The summed E-state index contributed by atoms with van der Waals surface area (Å²) in [4.78, 5) is 3.98. The number of H-pyrrole nitrogens is 1. The van der Waals surface area contributed by atoms with Crippen molar-refractivity contribution in [2.75, 3.05) is 0 Å².